The van der Waals surface area contributed by atoms with E-state index in [-0.39, 0.29) is 13.2 Å². The Balaban J connectivity index is 1.39. The molecule has 0 spiro atoms. The van der Waals surface area contributed by atoms with Gasteiger partial charge in [0, 0.05) is 5.56 Å². The van der Waals surface area contributed by atoms with Crippen LogP contribution in [0.3, 0.4) is 0 Å². The van der Waals surface area contributed by atoms with Crippen molar-refractivity contribution in [2.24, 2.45) is 0 Å². The van der Waals surface area contributed by atoms with E-state index >= 15 is 0 Å². The summed E-state index contributed by atoms with van der Waals surface area (Å²) in [6, 6.07) is 52.0. The van der Waals surface area contributed by atoms with Crippen molar-refractivity contribution in [1.29, 1.82) is 5.26 Å². The van der Waals surface area contributed by atoms with Crippen LogP contribution >= 0.6 is 0 Å². The maximum atomic E-state index is 11.1. The molecule has 1 fully saturated rings. The number of hydrogen-bond acceptors (Lipinski definition) is 6. The predicted octanol–water partition coefficient (Wildman–Crippen LogP) is 7.78. The molecule has 0 N–H and O–H groups in total. The summed E-state index contributed by atoms with van der Waals surface area (Å²) >= 11 is 0. The Morgan fingerprint density at radius 1 is 0.511 bits per heavy atom. The molecule has 0 amide bonds. The minimum Gasteiger partial charge on any atom is -0.374 e. The molecule has 238 valence electrons. The highest BCUT2D eigenvalue weighted by atomic mass is 16.6. The second-order valence-corrected chi connectivity index (χ2v) is 11.6. The molecule has 5 aromatic carbocycles. The Bertz CT molecular complexity index is 1660. The van der Waals surface area contributed by atoms with Crippen LogP contribution in [-0.4, -0.2) is 31.0 Å². The molecule has 0 saturated carbocycles. The molecule has 0 bridgehead atoms. The molecule has 0 unspecified atom stereocenters. The quantitative estimate of drug-likeness (QED) is 0.126. The molecule has 0 aromatic heterocycles. The summed E-state index contributed by atoms with van der Waals surface area (Å²) < 4.78 is 33.5. The second-order valence-electron chi connectivity index (χ2n) is 11.6. The fourth-order valence-electron chi connectivity index (χ4n) is 5.95. The lowest BCUT2D eigenvalue weighted by Crippen LogP contribution is -2.65. The third-order valence-corrected chi connectivity index (χ3v) is 8.33. The van der Waals surface area contributed by atoms with Crippen molar-refractivity contribution >= 4 is 0 Å². The van der Waals surface area contributed by atoms with Crippen LogP contribution in [0.1, 0.15) is 27.8 Å². The fraction of sp³-hybridized carbons (Fsp3) is 0.244. The van der Waals surface area contributed by atoms with Crippen molar-refractivity contribution in [3.8, 4) is 6.07 Å². The fourth-order valence-corrected chi connectivity index (χ4v) is 5.95. The minimum atomic E-state index is -1.51. The molecule has 6 nitrogen and oxygen atoms in total. The van der Waals surface area contributed by atoms with Crippen LogP contribution in [0.4, 0.5) is 0 Å². The zero-order valence-corrected chi connectivity index (χ0v) is 26.3. The lowest BCUT2D eigenvalue weighted by molar-refractivity contribution is -0.297. The monoisotopic (exact) mass is 625 g/mol. The number of benzene rings is 5. The summed E-state index contributed by atoms with van der Waals surface area (Å²) in [7, 11) is 0. The van der Waals surface area contributed by atoms with Crippen LogP contribution in [0.5, 0.6) is 0 Å². The Kier molecular flexibility index (Phi) is 11.2. The summed E-state index contributed by atoms with van der Waals surface area (Å²) in [6.07, 6.45) is -2.81. The molecule has 6 rings (SSSR count). The van der Waals surface area contributed by atoms with Gasteiger partial charge in [-0.3, -0.25) is 0 Å². The number of nitrogens with zero attached hydrogens (tertiary/aromatic N) is 1. The molecular weight excluding hydrogens is 586 g/mol. The van der Waals surface area contributed by atoms with Crippen molar-refractivity contribution in [2.45, 2.75) is 56.4 Å². The first-order chi connectivity index (χ1) is 23.2. The van der Waals surface area contributed by atoms with Crippen LogP contribution in [-0.2, 0) is 55.7 Å². The van der Waals surface area contributed by atoms with Crippen LogP contribution in [0, 0.1) is 11.3 Å². The molecule has 6 heteroatoms. The number of ether oxygens (including phenoxy) is 5. The van der Waals surface area contributed by atoms with Gasteiger partial charge in [0.2, 0.25) is 5.60 Å². The van der Waals surface area contributed by atoms with Crippen molar-refractivity contribution in [3.05, 3.63) is 179 Å². The van der Waals surface area contributed by atoms with Gasteiger partial charge in [0.1, 0.15) is 30.5 Å². The van der Waals surface area contributed by atoms with Gasteiger partial charge in [0.25, 0.3) is 0 Å². The van der Waals surface area contributed by atoms with Gasteiger partial charge >= 0.3 is 0 Å². The van der Waals surface area contributed by atoms with E-state index in [9.17, 15) is 5.26 Å². The van der Waals surface area contributed by atoms with Crippen molar-refractivity contribution in [3.63, 3.8) is 0 Å². The average Bonchev–Trinajstić information content (AvgIpc) is 3.14. The van der Waals surface area contributed by atoms with Crippen LogP contribution in [0.25, 0.3) is 0 Å². The van der Waals surface area contributed by atoms with Crippen molar-refractivity contribution in [2.75, 3.05) is 6.61 Å². The summed E-state index contributed by atoms with van der Waals surface area (Å²) in [5.74, 6) is 0. The summed E-state index contributed by atoms with van der Waals surface area (Å²) in [5, 5.41) is 11.1. The molecule has 5 aromatic rings. The van der Waals surface area contributed by atoms with Gasteiger partial charge < -0.3 is 23.7 Å². The molecule has 47 heavy (non-hydrogen) atoms. The zero-order chi connectivity index (χ0) is 32.2. The summed E-state index contributed by atoms with van der Waals surface area (Å²) in [6.45, 7) is 1.46. The second kappa shape index (κ2) is 16.3. The average molecular weight is 626 g/mol. The van der Waals surface area contributed by atoms with Crippen molar-refractivity contribution in [1.82, 2.24) is 0 Å². The lowest BCUT2D eigenvalue weighted by atomic mass is 9.80. The van der Waals surface area contributed by atoms with Gasteiger partial charge in [-0.25, -0.2) is 0 Å². The van der Waals surface area contributed by atoms with E-state index in [1.54, 1.807) is 0 Å². The highest BCUT2D eigenvalue weighted by molar-refractivity contribution is 5.34. The highest BCUT2D eigenvalue weighted by Gasteiger charge is 2.58. The highest BCUT2D eigenvalue weighted by Crippen LogP contribution is 2.43. The zero-order valence-electron chi connectivity index (χ0n) is 26.3. The van der Waals surface area contributed by atoms with E-state index in [2.05, 4.69) is 6.07 Å². The maximum absolute atomic E-state index is 11.1. The number of rotatable bonds is 14. The SMILES string of the molecule is N#C[C@@]1(c2ccccc2)O[C@H](COCc2ccccc2)[C@H](OCc2ccccc2)[C@H](OCc2ccccc2)[C@H]1OCc1ccccc1. The Hall–Kier alpha value is -4.61. The smallest absolute Gasteiger partial charge is 0.208 e. The molecule has 0 radical (unpaired) electrons. The molecule has 0 aliphatic carbocycles. The molecule has 5 atom stereocenters. The van der Waals surface area contributed by atoms with E-state index in [0.29, 0.717) is 25.4 Å². The van der Waals surface area contributed by atoms with Crippen molar-refractivity contribution < 1.29 is 23.7 Å². The van der Waals surface area contributed by atoms with Gasteiger partial charge in [-0.15, -0.1) is 0 Å². The van der Waals surface area contributed by atoms with Crippen LogP contribution in [0.15, 0.2) is 152 Å². The third-order valence-electron chi connectivity index (χ3n) is 8.33. The van der Waals surface area contributed by atoms with Gasteiger partial charge in [-0.05, 0) is 22.3 Å². The van der Waals surface area contributed by atoms with E-state index in [4.69, 9.17) is 23.7 Å². The molecule has 1 heterocycles. The van der Waals surface area contributed by atoms with E-state index < -0.39 is 30.0 Å². The van der Waals surface area contributed by atoms with Crippen LogP contribution in [0.2, 0.25) is 0 Å². The van der Waals surface area contributed by atoms with E-state index in [0.717, 1.165) is 22.3 Å². The first kappa shape index (κ1) is 32.3. The third kappa shape index (κ3) is 8.22. The van der Waals surface area contributed by atoms with E-state index in [1.807, 2.05) is 152 Å². The van der Waals surface area contributed by atoms with Crippen LogP contribution < -0.4 is 0 Å². The predicted molar refractivity (Wildman–Crippen MR) is 180 cm³/mol. The maximum Gasteiger partial charge on any atom is 0.208 e. The van der Waals surface area contributed by atoms with Gasteiger partial charge in [0.05, 0.1) is 33.0 Å². The topological polar surface area (TPSA) is 69.9 Å². The summed E-state index contributed by atoms with van der Waals surface area (Å²) in [5.41, 5.74) is 3.21. The lowest BCUT2D eigenvalue weighted by Gasteiger charge is -2.50. The molecule has 1 aliphatic heterocycles. The minimum absolute atomic E-state index is 0.182. The van der Waals surface area contributed by atoms with E-state index in [1.165, 1.54) is 0 Å². The molecular formula is C41H39NO5. The Morgan fingerprint density at radius 2 is 0.915 bits per heavy atom. The summed E-state index contributed by atoms with van der Waals surface area (Å²) in [4.78, 5) is 0. The first-order valence-corrected chi connectivity index (χ1v) is 16.0. The molecule has 1 aliphatic rings. The van der Waals surface area contributed by atoms with Gasteiger partial charge in [-0.2, -0.15) is 5.26 Å². The standard InChI is InChI=1S/C41H39NO5/c42-31-41(36-24-14-5-15-25-36)40(46-29-35-22-12-4-13-23-35)39(45-28-34-20-10-3-11-21-34)38(44-27-33-18-8-2-9-19-33)37(47-41)30-43-26-32-16-6-1-7-17-32/h1-25,37-40H,26-30H2/t37-,38+,39+,40-,41+/m1/s1. The van der Waals surface area contributed by atoms with Gasteiger partial charge in [0.15, 0.2) is 0 Å². The Morgan fingerprint density at radius 3 is 1.38 bits per heavy atom. The normalized spacial score (nSPS) is 22.4. The number of hydrogen-bond donors (Lipinski definition) is 0. The molecule has 1 saturated heterocycles. The largest absolute Gasteiger partial charge is 0.374 e. The number of nitriles is 1. The first-order valence-electron chi connectivity index (χ1n) is 16.0. The van der Waals surface area contributed by atoms with Gasteiger partial charge in [-0.1, -0.05) is 152 Å². The Labute approximate surface area is 277 Å².